The van der Waals surface area contributed by atoms with E-state index in [0.717, 1.165) is 16.9 Å². The van der Waals surface area contributed by atoms with Crippen molar-refractivity contribution in [3.05, 3.63) is 77.8 Å². The summed E-state index contributed by atoms with van der Waals surface area (Å²) in [5.41, 5.74) is 1.70. The van der Waals surface area contributed by atoms with Crippen molar-refractivity contribution < 1.29 is 17.7 Å². The predicted molar refractivity (Wildman–Crippen MR) is 112 cm³/mol. The third-order valence-corrected chi connectivity index (χ3v) is 6.44. The van der Waals surface area contributed by atoms with Gasteiger partial charge < -0.3 is 9.26 Å². The summed E-state index contributed by atoms with van der Waals surface area (Å²) in [6.45, 7) is 0.854. The highest BCUT2D eigenvalue weighted by molar-refractivity contribution is 7.92. The van der Waals surface area contributed by atoms with Crippen molar-refractivity contribution >= 4 is 16.1 Å². The lowest BCUT2D eigenvalue weighted by molar-refractivity contribution is 0.136. The molecule has 0 spiro atoms. The Morgan fingerprint density at radius 2 is 1.72 bits per heavy atom. The summed E-state index contributed by atoms with van der Waals surface area (Å²) in [4.78, 5) is 0. The molecule has 0 aliphatic carbocycles. The van der Waals surface area contributed by atoms with Gasteiger partial charge in [-0.15, -0.1) is 0 Å². The van der Waals surface area contributed by atoms with Crippen molar-refractivity contribution in [2.24, 2.45) is 0 Å². The smallest absolute Gasteiger partial charge is 0.236 e. The number of ether oxygens (including phenoxy) is 1. The molecule has 0 bridgehead atoms. The van der Waals surface area contributed by atoms with Crippen LogP contribution in [0.25, 0.3) is 17.4 Å². The summed E-state index contributed by atoms with van der Waals surface area (Å²) >= 11 is 0. The van der Waals surface area contributed by atoms with Crippen molar-refractivity contribution in [3.63, 3.8) is 0 Å². The first-order chi connectivity index (χ1) is 14.1. The van der Waals surface area contributed by atoms with E-state index in [2.05, 4.69) is 5.16 Å². The van der Waals surface area contributed by atoms with Crippen LogP contribution in [0, 0.1) is 0 Å². The Kier molecular flexibility index (Phi) is 5.78. The number of nitrogens with zero attached hydrogens (tertiary/aromatic N) is 2. The third kappa shape index (κ3) is 4.75. The zero-order chi connectivity index (χ0) is 20.1. The van der Waals surface area contributed by atoms with E-state index in [1.54, 1.807) is 18.3 Å². The summed E-state index contributed by atoms with van der Waals surface area (Å²) in [7, 11) is -3.45. The monoisotopic (exact) mass is 410 g/mol. The SMILES string of the molecule is O=S(=O)(/C=C/c1ccccc1)N1CCC(Oc2ccccc2-c2ccno2)CC1. The molecule has 29 heavy (non-hydrogen) atoms. The largest absolute Gasteiger partial charge is 0.490 e. The second kappa shape index (κ2) is 8.63. The Labute approximate surface area is 170 Å². The van der Waals surface area contributed by atoms with Crippen LogP contribution in [0.3, 0.4) is 0 Å². The van der Waals surface area contributed by atoms with Gasteiger partial charge in [-0.1, -0.05) is 47.6 Å². The lowest BCUT2D eigenvalue weighted by Crippen LogP contribution is -2.40. The van der Waals surface area contributed by atoms with Crippen LogP contribution in [0.5, 0.6) is 5.75 Å². The predicted octanol–water partition coefficient (Wildman–Crippen LogP) is 4.19. The molecule has 6 nitrogen and oxygen atoms in total. The summed E-state index contributed by atoms with van der Waals surface area (Å²) < 4.78 is 38.2. The third-order valence-electron chi connectivity index (χ3n) is 4.88. The fourth-order valence-corrected chi connectivity index (χ4v) is 4.55. The molecule has 1 aliphatic rings. The van der Waals surface area contributed by atoms with Gasteiger partial charge in [0.1, 0.15) is 11.9 Å². The van der Waals surface area contributed by atoms with Crippen molar-refractivity contribution in [3.8, 4) is 17.1 Å². The number of sulfonamides is 1. The standard InChI is InChI=1S/C22H22N2O4S/c25-29(26,17-13-18-6-2-1-3-7-18)24-15-11-19(12-16-24)27-21-9-5-4-8-20(21)22-10-14-23-28-22/h1-10,13-14,17,19H,11-12,15-16H2/b17-13+. The van der Waals surface area contributed by atoms with Gasteiger partial charge in [-0.05, 0) is 36.6 Å². The van der Waals surface area contributed by atoms with Gasteiger partial charge in [0.25, 0.3) is 0 Å². The van der Waals surface area contributed by atoms with Gasteiger partial charge in [0, 0.05) is 24.6 Å². The van der Waals surface area contributed by atoms with Crippen molar-refractivity contribution in [2.45, 2.75) is 18.9 Å². The molecule has 7 heteroatoms. The highest BCUT2D eigenvalue weighted by Gasteiger charge is 2.28. The first-order valence-corrected chi connectivity index (χ1v) is 11.0. The Balaban J connectivity index is 1.38. The maximum atomic E-state index is 12.6. The highest BCUT2D eigenvalue weighted by atomic mass is 32.2. The fourth-order valence-electron chi connectivity index (χ4n) is 3.33. The van der Waals surface area contributed by atoms with Crippen LogP contribution in [-0.2, 0) is 10.0 Å². The van der Waals surface area contributed by atoms with E-state index in [1.165, 1.54) is 9.71 Å². The molecule has 0 N–H and O–H groups in total. The van der Waals surface area contributed by atoms with Crippen molar-refractivity contribution in [2.75, 3.05) is 13.1 Å². The lowest BCUT2D eigenvalue weighted by Gasteiger charge is -2.31. The molecule has 0 amide bonds. The van der Waals surface area contributed by atoms with Crippen molar-refractivity contribution in [1.29, 1.82) is 0 Å². The topological polar surface area (TPSA) is 72.6 Å². The quantitative estimate of drug-likeness (QED) is 0.609. The maximum Gasteiger partial charge on any atom is 0.236 e. The molecule has 1 aliphatic heterocycles. The second-order valence-corrected chi connectivity index (χ2v) is 8.67. The molecule has 0 saturated carbocycles. The number of aromatic nitrogens is 1. The zero-order valence-electron chi connectivity index (χ0n) is 15.8. The van der Waals surface area contributed by atoms with Gasteiger partial charge in [-0.25, -0.2) is 8.42 Å². The molecule has 3 aromatic rings. The minimum atomic E-state index is -3.45. The average Bonchev–Trinajstić information content (AvgIpc) is 3.29. The average molecular weight is 410 g/mol. The molecular weight excluding hydrogens is 388 g/mol. The fraction of sp³-hybridized carbons (Fsp3) is 0.227. The van der Waals surface area contributed by atoms with Gasteiger partial charge in [0.05, 0.1) is 11.8 Å². The summed E-state index contributed by atoms with van der Waals surface area (Å²) in [6.07, 6.45) is 4.43. The number of benzene rings is 2. The first kappa shape index (κ1) is 19.4. The van der Waals surface area contributed by atoms with Crippen LogP contribution in [0.4, 0.5) is 0 Å². The zero-order valence-corrected chi connectivity index (χ0v) is 16.7. The maximum absolute atomic E-state index is 12.6. The van der Waals surface area contributed by atoms with Crippen LogP contribution >= 0.6 is 0 Å². The van der Waals surface area contributed by atoms with E-state index in [-0.39, 0.29) is 6.10 Å². The van der Waals surface area contributed by atoms with E-state index in [0.29, 0.717) is 31.7 Å². The molecule has 150 valence electrons. The molecule has 0 atom stereocenters. The second-order valence-electron chi connectivity index (χ2n) is 6.85. The highest BCUT2D eigenvalue weighted by Crippen LogP contribution is 2.31. The van der Waals surface area contributed by atoms with Gasteiger partial charge >= 0.3 is 0 Å². The van der Waals surface area contributed by atoms with Crippen molar-refractivity contribution in [1.82, 2.24) is 9.46 Å². The van der Waals surface area contributed by atoms with E-state index >= 15 is 0 Å². The van der Waals surface area contributed by atoms with Crippen LogP contribution in [-0.4, -0.2) is 37.1 Å². The normalized spacial score (nSPS) is 16.3. The number of hydrogen-bond acceptors (Lipinski definition) is 5. The van der Waals surface area contributed by atoms with Gasteiger partial charge in [-0.2, -0.15) is 4.31 Å². The Morgan fingerprint density at radius 1 is 1.00 bits per heavy atom. The Hall–Kier alpha value is -2.90. The Bertz CT molecular complexity index is 1060. The number of rotatable bonds is 6. The molecule has 1 saturated heterocycles. The number of hydrogen-bond donors (Lipinski definition) is 0. The van der Waals surface area contributed by atoms with E-state index in [1.807, 2.05) is 54.6 Å². The Morgan fingerprint density at radius 3 is 2.45 bits per heavy atom. The number of piperidine rings is 1. The molecule has 0 radical (unpaired) electrons. The lowest BCUT2D eigenvalue weighted by atomic mass is 10.1. The minimum absolute atomic E-state index is 0.0522. The molecular formula is C22H22N2O4S. The summed E-state index contributed by atoms with van der Waals surface area (Å²) in [6, 6.07) is 18.8. The van der Waals surface area contributed by atoms with Crippen LogP contribution in [0.1, 0.15) is 18.4 Å². The van der Waals surface area contributed by atoms with Gasteiger partial charge in [0.15, 0.2) is 5.76 Å². The molecule has 1 fully saturated rings. The molecule has 4 rings (SSSR count). The number of para-hydroxylation sites is 1. The minimum Gasteiger partial charge on any atom is -0.490 e. The van der Waals surface area contributed by atoms with E-state index < -0.39 is 10.0 Å². The summed E-state index contributed by atoms with van der Waals surface area (Å²) in [5.74, 6) is 1.36. The molecule has 2 aromatic carbocycles. The van der Waals surface area contributed by atoms with Gasteiger partial charge in [-0.3, -0.25) is 0 Å². The van der Waals surface area contributed by atoms with Crippen LogP contribution in [0.15, 0.2) is 76.8 Å². The van der Waals surface area contributed by atoms with Crippen LogP contribution in [0.2, 0.25) is 0 Å². The van der Waals surface area contributed by atoms with Crippen LogP contribution < -0.4 is 4.74 Å². The summed E-state index contributed by atoms with van der Waals surface area (Å²) in [5, 5.41) is 5.03. The molecule has 2 heterocycles. The van der Waals surface area contributed by atoms with E-state index in [4.69, 9.17) is 9.26 Å². The van der Waals surface area contributed by atoms with Gasteiger partial charge in [0.2, 0.25) is 10.0 Å². The first-order valence-electron chi connectivity index (χ1n) is 9.52. The molecule has 0 unspecified atom stereocenters. The van der Waals surface area contributed by atoms with E-state index in [9.17, 15) is 8.42 Å². The molecule has 1 aromatic heterocycles.